The Morgan fingerprint density at radius 2 is 1.90 bits per heavy atom. The summed E-state index contributed by atoms with van der Waals surface area (Å²) < 4.78 is 0. The van der Waals surface area contributed by atoms with E-state index in [4.69, 9.17) is 5.84 Å². The molecule has 1 fully saturated rings. The molecule has 10 heavy (non-hydrogen) atoms. The molecule has 0 aromatic rings. The van der Waals surface area contributed by atoms with Crippen LogP contribution in [0, 0.1) is 0 Å². The lowest BCUT2D eigenvalue weighted by atomic mass is 9.93. The minimum absolute atomic E-state index is 0. The molecule has 0 aromatic heterocycles. The average Bonchev–Trinajstić information content (AvgIpc) is 1.89. The van der Waals surface area contributed by atoms with Crippen LogP contribution in [0.15, 0.2) is 0 Å². The summed E-state index contributed by atoms with van der Waals surface area (Å²) in [7, 11) is 0. The van der Waals surface area contributed by atoms with Gasteiger partial charge >= 0.3 is 0 Å². The highest BCUT2D eigenvalue weighted by atomic mass is 35.5. The van der Waals surface area contributed by atoms with E-state index in [0.717, 1.165) is 19.3 Å². The second-order valence-electron chi connectivity index (χ2n) is 2.62. The molecule has 0 radical (unpaired) electrons. The highest BCUT2D eigenvalue weighted by molar-refractivity contribution is 5.85. The third kappa shape index (κ3) is 2.42. The highest BCUT2D eigenvalue weighted by Crippen LogP contribution is 2.17. The molecule has 2 atom stereocenters. The van der Waals surface area contributed by atoms with Gasteiger partial charge in [-0.1, -0.05) is 12.8 Å². The van der Waals surface area contributed by atoms with E-state index >= 15 is 0 Å². The number of hydrogen-bond acceptors (Lipinski definition) is 3. The van der Waals surface area contributed by atoms with Crippen LogP contribution in [0.4, 0.5) is 0 Å². The number of hydrogen-bond donors (Lipinski definition) is 3. The normalized spacial score (nSPS) is 33.0. The second-order valence-corrected chi connectivity index (χ2v) is 2.62. The predicted octanol–water partition coefficient (Wildman–Crippen LogP) is 0.175. The molecule has 0 unspecified atom stereocenters. The minimum atomic E-state index is -0.219. The third-order valence-corrected chi connectivity index (χ3v) is 1.94. The monoisotopic (exact) mass is 166 g/mol. The van der Waals surface area contributed by atoms with Crippen molar-refractivity contribution in [2.75, 3.05) is 0 Å². The SMILES string of the molecule is Cl.NN[C@@H]1CCCC[C@H]1O. The Morgan fingerprint density at radius 3 is 2.30 bits per heavy atom. The molecule has 4 N–H and O–H groups in total. The first-order valence-electron chi connectivity index (χ1n) is 3.49. The van der Waals surface area contributed by atoms with Gasteiger partial charge in [-0.05, 0) is 12.8 Å². The van der Waals surface area contributed by atoms with Crippen molar-refractivity contribution in [3.8, 4) is 0 Å². The standard InChI is InChI=1S/C6H14N2O.ClH/c7-8-5-3-1-2-4-6(5)9;/h5-6,8-9H,1-4,7H2;1H/t5-,6-;/m1./s1. The molecule has 1 saturated carbocycles. The van der Waals surface area contributed by atoms with E-state index in [-0.39, 0.29) is 24.6 Å². The molecule has 0 aliphatic heterocycles. The summed E-state index contributed by atoms with van der Waals surface area (Å²) in [6, 6.07) is 0.138. The summed E-state index contributed by atoms with van der Waals surface area (Å²) in [6.45, 7) is 0. The molecule has 3 nitrogen and oxygen atoms in total. The quantitative estimate of drug-likeness (QED) is 0.385. The van der Waals surface area contributed by atoms with Gasteiger partial charge in [-0.15, -0.1) is 12.4 Å². The van der Waals surface area contributed by atoms with Gasteiger partial charge in [0.2, 0.25) is 0 Å². The minimum Gasteiger partial charge on any atom is -0.391 e. The number of hydrazine groups is 1. The topological polar surface area (TPSA) is 58.3 Å². The summed E-state index contributed by atoms with van der Waals surface area (Å²) in [4.78, 5) is 0. The van der Waals surface area contributed by atoms with E-state index in [0.29, 0.717) is 0 Å². The van der Waals surface area contributed by atoms with Gasteiger partial charge in [0.05, 0.1) is 6.10 Å². The average molecular weight is 167 g/mol. The number of nitrogens with two attached hydrogens (primary N) is 1. The van der Waals surface area contributed by atoms with Crippen LogP contribution in [0.1, 0.15) is 25.7 Å². The Hall–Kier alpha value is 0.170. The molecule has 1 rings (SSSR count). The summed E-state index contributed by atoms with van der Waals surface area (Å²) in [6.07, 6.45) is 4.02. The fourth-order valence-corrected chi connectivity index (χ4v) is 1.31. The predicted molar refractivity (Wildman–Crippen MR) is 42.8 cm³/mol. The van der Waals surface area contributed by atoms with Gasteiger partial charge in [-0.2, -0.15) is 0 Å². The van der Waals surface area contributed by atoms with E-state index in [1.807, 2.05) is 0 Å². The first kappa shape index (κ1) is 10.2. The molecule has 4 heteroatoms. The molecule has 0 saturated heterocycles. The summed E-state index contributed by atoms with van der Waals surface area (Å²) >= 11 is 0. The molecular weight excluding hydrogens is 152 g/mol. The van der Waals surface area contributed by atoms with Crippen LogP contribution in [0.25, 0.3) is 0 Å². The van der Waals surface area contributed by atoms with Gasteiger partial charge in [0, 0.05) is 6.04 Å². The maximum absolute atomic E-state index is 9.23. The van der Waals surface area contributed by atoms with Crippen molar-refractivity contribution in [2.45, 2.75) is 37.8 Å². The van der Waals surface area contributed by atoms with E-state index in [9.17, 15) is 5.11 Å². The van der Waals surface area contributed by atoms with Gasteiger partial charge in [0.25, 0.3) is 0 Å². The van der Waals surface area contributed by atoms with E-state index in [1.165, 1.54) is 6.42 Å². The molecule has 0 heterocycles. The van der Waals surface area contributed by atoms with Crippen molar-refractivity contribution in [3.63, 3.8) is 0 Å². The molecule has 1 aliphatic carbocycles. The highest BCUT2D eigenvalue weighted by Gasteiger charge is 2.20. The Labute approximate surface area is 67.4 Å². The molecule has 62 valence electrons. The lowest BCUT2D eigenvalue weighted by Gasteiger charge is -2.26. The zero-order valence-corrected chi connectivity index (χ0v) is 6.73. The number of halogens is 1. The Balaban J connectivity index is 0.000000810. The van der Waals surface area contributed by atoms with Crippen molar-refractivity contribution in [2.24, 2.45) is 5.84 Å². The maximum Gasteiger partial charge on any atom is 0.0706 e. The van der Waals surface area contributed by atoms with Crippen LogP contribution in [0.5, 0.6) is 0 Å². The van der Waals surface area contributed by atoms with Crippen LogP contribution in [-0.4, -0.2) is 17.3 Å². The third-order valence-electron chi connectivity index (χ3n) is 1.94. The fourth-order valence-electron chi connectivity index (χ4n) is 1.31. The molecule has 0 spiro atoms. The van der Waals surface area contributed by atoms with E-state index < -0.39 is 0 Å². The summed E-state index contributed by atoms with van der Waals surface area (Å²) in [5.74, 6) is 5.18. The lowest BCUT2D eigenvalue weighted by Crippen LogP contribution is -2.45. The molecule has 1 aliphatic rings. The number of rotatable bonds is 1. The number of aliphatic hydroxyl groups is 1. The first-order chi connectivity index (χ1) is 4.34. The van der Waals surface area contributed by atoms with E-state index in [1.54, 1.807) is 0 Å². The van der Waals surface area contributed by atoms with Crippen LogP contribution in [0.2, 0.25) is 0 Å². The number of aliphatic hydroxyl groups excluding tert-OH is 1. The Morgan fingerprint density at radius 1 is 1.30 bits per heavy atom. The Kier molecular flexibility index (Phi) is 4.99. The van der Waals surface area contributed by atoms with E-state index in [2.05, 4.69) is 5.43 Å². The van der Waals surface area contributed by atoms with Gasteiger partial charge in [-0.3, -0.25) is 11.3 Å². The lowest BCUT2D eigenvalue weighted by molar-refractivity contribution is 0.0913. The van der Waals surface area contributed by atoms with Crippen LogP contribution in [0.3, 0.4) is 0 Å². The smallest absolute Gasteiger partial charge is 0.0706 e. The zero-order chi connectivity index (χ0) is 6.69. The molecule has 0 amide bonds. The summed E-state index contributed by atoms with van der Waals surface area (Å²) in [5, 5.41) is 9.23. The van der Waals surface area contributed by atoms with Crippen LogP contribution in [-0.2, 0) is 0 Å². The van der Waals surface area contributed by atoms with Crippen LogP contribution < -0.4 is 11.3 Å². The fraction of sp³-hybridized carbons (Fsp3) is 1.00. The van der Waals surface area contributed by atoms with Gasteiger partial charge < -0.3 is 5.11 Å². The van der Waals surface area contributed by atoms with Crippen molar-refractivity contribution in [1.29, 1.82) is 0 Å². The van der Waals surface area contributed by atoms with Gasteiger partial charge in [0.1, 0.15) is 0 Å². The van der Waals surface area contributed by atoms with Crippen molar-refractivity contribution in [1.82, 2.24) is 5.43 Å². The van der Waals surface area contributed by atoms with Crippen molar-refractivity contribution >= 4 is 12.4 Å². The molecular formula is C6H15ClN2O. The second kappa shape index (κ2) is 4.91. The van der Waals surface area contributed by atoms with Crippen LogP contribution >= 0.6 is 12.4 Å². The largest absolute Gasteiger partial charge is 0.391 e. The first-order valence-corrected chi connectivity index (χ1v) is 3.49. The van der Waals surface area contributed by atoms with Gasteiger partial charge in [-0.25, -0.2) is 0 Å². The maximum atomic E-state index is 9.23. The molecule has 0 bridgehead atoms. The van der Waals surface area contributed by atoms with Crippen molar-refractivity contribution < 1.29 is 5.11 Å². The summed E-state index contributed by atoms with van der Waals surface area (Å²) in [5.41, 5.74) is 2.60. The van der Waals surface area contributed by atoms with Crippen molar-refractivity contribution in [3.05, 3.63) is 0 Å². The number of nitrogens with one attached hydrogen (secondary N) is 1. The molecule has 0 aromatic carbocycles. The zero-order valence-electron chi connectivity index (χ0n) is 5.92. The Bertz CT molecular complexity index is 91.8. The van der Waals surface area contributed by atoms with Gasteiger partial charge in [0.15, 0.2) is 0 Å².